The minimum atomic E-state index is -0.547. The van der Waals surface area contributed by atoms with Crippen LogP contribution in [-0.4, -0.2) is 62.2 Å². The number of amides is 1. The zero-order chi connectivity index (χ0) is 22.9. The molecule has 0 saturated carbocycles. The molecule has 0 unspecified atom stereocenters. The number of nitrogens with zero attached hydrogens (tertiary/aromatic N) is 2. The smallest absolute Gasteiger partial charge is 0.290 e. The molecule has 3 heterocycles. The van der Waals surface area contributed by atoms with Gasteiger partial charge in [-0.1, -0.05) is 29.8 Å². The Morgan fingerprint density at radius 3 is 2.64 bits per heavy atom. The predicted molar refractivity (Wildman–Crippen MR) is 125 cm³/mol. The second kappa shape index (κ2) is 9.00. The summed E-state index contributed by atoms with van der Waals surface area (Å²) in [6, 6.07) is 12.5. The number of carbonyl (C=O) groups is 1. The maximum absolute atomic E-state index is 13.7. The van der Waals surface area contributed by atoms with Gasteiger partial charge in [-0.05, 0) is 31.5 Å². The Bertz CT molecular complexity index is 1250. The number of benzene rings is 2. The van der Waals surface area contributed by atoms with E-state index in [0.717, 1.165) is 50.4 Å². The number of hydrogen-bond acceptors (Lipinski definition) is 6. The van der Waals surface area contributed by atoms with Crippen LogP contribution in [-0.2, 0) is 4.74 Å². The molecule has 2 aromatic carbocycles. The molecule has 1 saturated heterocycles. The molecule has 2 aliphatic heterocycles. The zero-order valence-corrected chi connectivity index (χ0v) is 19.0. The number of aryl methyl sites for hydroxylation is 1. The van der Waals surface area contributed by atoms with Gasteiger partial charge in [0.25, 0.3) is 5.91 Å². The number of hydrogen-bond donors (Lipinski definition) is 0. The van der Waals surface area contributed by atoms with Gasteiger partial charge in [0.1, 0.15) is 11.3 Å². The van der Waals surface area contributed by atoms with Gasteiger partial charge < -0.3 is 18.8 Å². The lowest BCUT2D eigenvalue weighted by atomic mass is 9.97. The first kappa shape index (κ1) is 21.7. The maximum atomic E-state index is 13.7. The summed E-state index contributed by atoms with van der Waals surface area (Å²) in [5.74, 6) is 0.533. The second-order valence-electron chi connectivity index (χ2n) is 8.62. The summed E-state index contributed by atoms with van der Waals surface area (Å²) in [5.41, 5.74) is 2.43. The summed E-state index contributed by atoms with van der Waals surface area (Å²) in [6.07, 6.45) is 0.790. The fourth-order valence-corrected chi connectivity index (χ4v) is 4.87. The number of methoxy groups -OCH3 is 1. The van der Waals surface area contributed by atoms with Crippen LogP contribution in [0.2, 0.25) is 0 Å². The fraction of sp³-hybridized carbons (Fsp3) is 0.385. The third-order valence-electron chi connectivity index (χ3n) is 6.53. The molecule has 0 spiro atoms. The molecule has 2 aliphatic rings. The molecule has 0 N–H and O–H groups in total. The van der Waals surface area contributed by atoms with Gasteiger partial charge in [-0.25, -0.2) is 0 Å². The number of ether oxygens (including phenoxy) is 2. The first-order valence-corrected chi connectivity index (χ1v) is 11.4. The summed E-state index contributed by atoms with van der Waals surface area (Å²) < 4.78 is 17.1. The van der Waals surface area contributed by atoms with Gasteiger partial charge in [-0.15, -0.1) is 0 Å². The van der Waals surface area contributed by atoms with Crippen LogP contribution in [0.5, 0.6) is 5.75 Å². The molecule has 1 amide bonds. The molecule has 33 heavy (non-hydrogen) atoms. The number of rotatable bonds is 6. The van der Waals surface area contributed by atoms with E-state index in [1.807, 2.05) is 43.3 Å². The van der Waals surface area contributed by atoms with Gasteiger partial charge in [0.15, 0.2) is 5.43 Å². The van der Waals surface area contributed by atoms with Crippen molar-refractivity contribution in [1.82, 2.24) is 9.80 Å². The van der Waals surface area contributed by atoms with Gasteiger partial charge >= 0.3 is 0 Å². The highest BCUT2D eigenvalue weighted by molar-refractivity contribution is 5.99. The SMILES string of the molecule is COc1ccccc1[C@H]1c2c(oc3ccc(C)cc3c2=O)C(=O)N1CCCN1CCOCC1. The third kappa shape index (κ3) is 3.92. The Morgan fingerprint density at radius 1 is 1.06 bits per heavy atom. The molecular formula is C26H28N2O5. The van der Waals surface area contributed by atoms with Crippen LogP contribution in [0.1, 0.15) is 39.7 Å². The van der Waals surface area contributed by atoms with E-state index in [9.17, 15) is 9.59 Å². The molecule has 0 aliphatic carbocycles. The molecule has 1 aromatic heterocycles. The number of morpholine rings is 1. The van der Waals surface area contributed by atoms with Crippen molar-refractivity contribution < 1.29 is 18.7 Å². The van der Waals surface area contributed by atoms with Crippen LogP contribution in [0.25, 0.3) is 11.0 Å². The van der Waals surface area contributed by atoms with Crippen LogP contribution in [0.4, 0.5) is 0 Å². The molecule has 0 radical (unpaired) electrons. The lowest BCUT2D eigenvalue weighted by Gasteiger charge is -2.29. The summed E-state index contributed by atoms with van der Waals surface area (Å²) in [4.78, 5) is 31.3. The second-order valence-corrected chi connectivity index (χ2v) is 8.62. The van der Waals surface area contributed by atoms with Gasteiger partial charge in [0, 0.05) is 31.7 Å². The van der Waals surface area contributed by atoms with Crippen LogP contribution >= 0.6 is 0 Å². The first-order chi connectivity index (χ1) is 16.1. The molecule has 1 atom stereocenters. The number of fused-ring (bicyclic) bond motifs is 2. The Hall–Kier alpha value is -3.16. The van der Waals surface area contributed by atoms with Crippen molar-refractivity contribution in [2.45, 2.75) is 19.4 Å². The Balaban J connectivity index is 1.57. The van der Waals surface area contributed by atoms with Crippen molar-refractivity contribution in [3.63, 3.8) is 0 Å². The van der Waals surface area contributed by atoms with Gasteiger partial charge in [-0.2, -0.15) is 0 Å². The molecule has 0 bridgehead atoms. The highest BCUT2D eigenvalue weighted by atomic mass is 16.5. The van der Waals surface area contributed by atoms with E-state index in [0.29, 0.717) is 28.8 Å². The third-order valence-corrected chi connectivity index (χ3v) is 6.53. The highest BCUT2D eigenvalue weighted by Gasteiger charge is 2.43. The normalized spacial score (nSPS) is 18.7. The Morgan fingerprint density at radius 2 is 1.85 bits per heavy atom. The monoisotopic (exact) mass is 448 g/mol. The topological polar surface area (TPSA) is 72.2 Å². The molecule has 3 aromatic rings. The first-order valence-electron chi connectivity index (χ1n) is 11.4. The maximum Gasteiger partial charge on any atom is 0.290 e. The lowest BCUT2D eigenvalue weighted by molar-refractivity contribution is 0.0353. The van der Waals surface area contributed by atoms with Crippen LogP contribution < -0.4 is 10.2 Å². The molecule has 1 fully saturated rings. The van der Waals surface area contributed by atoms with Crippen molar-refractivity contribution in [1.29, 1.82) is 0 Å². The van der Waals surface area contributed by atoms with Crippen LogP contribution in [0.3, 0.4) is 0 Å². The van der Waals surface area contributed by atoms with Gasteiger partial charge in [0.05, 0.1) is 37.3 Å². The standard InChI is InChI=1S/C26H28N2O5/c1-17-8-9-21-19(16-17)24(29)22-23(18-6-3-4-7-20(18)31-2)28(26(30)25(22)33-21)11-5-10-27-12-14-32-15-13-27/h3-4,6-9,16,23H,5,10-15H2,1-2H3/t23-/m0/s1. The average Bonchev–Trinajstić information content (AvgIpc) is 3.12. The minimum absolute atomic E-state index is 0.138. The Kier molecular flexibility index (Phi) is 5.91. The van der Waals surface area contributed by atoms with Crippen LogP contribution in [0, 0.1) is 6.92 Å². The van der Waals surface area contributed by atoms with Crippen molar-refractivity contribution in [2.24, 2.45) is 0 Å². The van der Waals surface area contributed by atoms with Crippen molar-refractivity contribution >= 4 is 16.9 Å². The van der Waals surface area contributed by atoms with E-state index in [1.54, 1.807) is 18.1 Å². The molecule has 7 heteroatoms. The van der Waals surface area contributed by atoms with E-state index in [2.05, 4.69) is 4.90 Å². The predicted octanol–water partition coefficient (Wildman–Crippen LogP) is 3.38. The molecular weight excluding hydrogens is 420 g/mol. The summed E-state index contributed by atoms with van der Waals surface area (Å²) in [6.45, 7) is 6.59. The number of para-hydroxylation sites is 1. The van der Waals surface area contributed by atoms with E-state index in [4.69, 9.17) is 13.9 Å². The van der Waals surface area contributed by atoms with E-state index in [-0.39, 0.29) is 17.1 Å². The van der Waals surface area contributed by atoms with Crippen LogP contribution in [0.15, 0.2) is 51.7 Å². The van der Waals surface area contributed by atoms with Crippen molar-refractivity contribution in [3.05, 3.63) is 75.1 Å². The quantitative estimate of drug-likeness (QED) is 0.576. The number of carbonyl (C=O) groups excluding carboxylic acids is 1. The highest BCUT2D eigenvalue weighted by Crippen LogP contribution is 2.41. The summed E-state index contributed by atoms with van der Waals surface area (Å²) >= 11 is 0. The van der Waals surface area contributed by atoms with Crippen molar-refractivity contribution in [3.8, 4) is 5.75 Å². The summed E-state index contributed by atoms with van der Waals surface area (Å²) in [5, 5.41) is 0.497. The van der Waals surface area contributed by atoms with Gasteiger partial charge in [0.2, 0.25) is 5.76 Å². The van der Waals surface area contributed by atoms with Gasteiger partial charge in [-0.3, -0.25) is 14.5 Å². The largest absolute Gasteiger partial charge is 0.496 e. The van der Waals surface area contributed by atoms with Crippen molar-refractivity contribution in [2.75, 3.05) is 46.5 Å². The Labute approximate surface area is 192 Å². The van der Waals surface area contributed by atoms with E-state index >= 15 is 0 Å². The van der Waals surface area contributed by atoms with E-state index < -0.39 is 6.04 Å². The molecule has 7 nitrogen and oxygen atoms in total. The lowest BCUT2D eigenvalue weighted by Crippen LogP contribution is -2.38. The zero-order valence-electron chi connectivity index (χ0n) is 19.0. The van der Waals surface area contributed by atoms with E-state index in [1.165, 1.54) is 0 Å². The average molecular weight is 449 g/mol. The molecule has 5 rings (SSSR count). The molecule has 172 valence electrons. The summed E-state index contributed by atoms with van der Waals surface area (Å²) in [7, 11) is 1.60. The minimum Gasteiger partial charge on any atom is -0.496 e. The fourth-order valence-electron chi connectivity index (χ4n) is 4.87.